The predicted molar refractivity (Wildman–Crippen MR) is 81.7 cm³/mol. The average molecular weight is 292 g/mol. The highest BCUT2D eigenvalue weighted by Crippen LogP contribution is 2.30. The number of carbonyl (C=O) groups is 2. The molecule has 2 saturated carbocycles. The van der Waals surface area contributed by atoms with E-state index in [4.69, 9.17) is 0 Å². The highest BCUT2D eigenvalue weighted by molar-refractivity contribution is 5.95. The number of amides is 2. The van der Waals surface area contributed by atoms with Crippen molar-refractivity contribution in [2.75, 3.05) is 13.1 Å². The maximum atomic E-state index is 12.8. The van der Waals surface area contributed by atoms with Gasteiger partial charge in [-0.2, -0.15) is 0 Å². The summed E-state index contributed by atoms with van der Waals surface area (Å²) in [6.07, 6.45) is 12.2. The Morgan fingerprint density at radius 1 is 0.905 bits per heavy atom. The molecular weight excluding hydrogens is 264 g/mol. The third-order valence-corrected chi connectivity index (χ3v) is 5.55. The van der Waals surface area contributed by atoms with Crippen LogP contribution in [-0.4, -0.2) is 35.8 Å². The van der Waals surface area contributed by atoms with Crippen LogP contribution in [0.4, 0.5) is 0 Å². The molecule has 1 N–H and O–H groups in total. The summed E-state index contributed by atoms with van der Waals surface area (Å²) in [6, 6.07) is -0.241. The quantitative estimate of drug-likeness (QED) is 0.868. The Morgan fingerprint density at radius 3 is 2.19 bits per heavy atom. The van der Waals surface area contributed by atoms with Crippen LogP contribution in [0.3, 0.4) is 0 Å². The van der Waals surface area contributed by atoms with Crippen LogP contribution in [0.15, 0.2) is 0 Å². The van der Waals surface area contributed by atoms with E-state index in [2.05, 4.69) is 5.32 Å². The molecule has 3 fully saturated rings. The fraction of sp³-hybridized carbons (Fsp3) is 0.882. The Morgan fingerprint density at radius 2 is 1.52 bits per heavy atom. The van der Waals surface area contributed by atoms with E-state index in [0.717, 1.165) is 19.4 Å². The molecule has 118 valence electrons. The van der Waals surface area contributed by atoms with Gasteiger partial charge in [0, 0.05) is 6.54 Å². The zero-order valence-corrected chi connectivity index (χ0v) is 13.0. The van der Waals surface area contributed by atoms with Gasteiger partial charge in [0.2, 0.25) is 11.8 Å². The van der Waals surface area contributed by atoms with E-state index in [1.165, 1.54) is 51.4 Å². The molecule has 4 heteroatoms. The normalized spacial score (nSPS) is 29.5. The fourth-order valence-electron chi connectivity index (χ4n) is 4.35. The van der Waals surface area contributed by atoms with Crippen LogP contribution in [0.1, 0.15) is 64.2 Å². The second kappa shape index (κ2) is 6.80. The lowest BCUT2D eigenvalue weighted by atomic mass is 9.82. The molecule has 4 nitrogen and oxygen atoms in total. The van der Waals surface area contributed by atoms with Gasteiger partial charge < -0.3 is 10.2 Å². The van der Waals surface area contributed by atoms with Crippen molar-refractivity contribution in [3.05, 3.63) is 0 Å². The number of hydrogen-bond donors (Lipinski definition) is 1. The minimum atomic E-state index is -0.241. The van der Waals surface area contributed by atoms with Crippen molar-refractivity contribution in [1.29, 1.82) is 0 Å². The first-order chi connectivity index (χ1) is 10.2. The Labute approximate surface area is 127 Å². The van der Waals surface area contributed by atoms with Crippen LogP contribution in [0.5, 0.6) is 0 Å². The van der Waals surface area contributed by atoms with E-state index < -0.39 is 0 Å². The molecule has 0 radical (unpaired) electrons. The van der Waals surface area contributed by atoms with Crippen LogP contribution in [0.25, 0.3) is 0 Å². The molecule has 2 amide bonds. The summed E-state index contributed by atoms with van der Waals surface area (Å²) in [7, 11) is 0. The number of hydrogen-bond acceptors (Lipinski definition) is 2. The second-order valence-corrected chi connectivity index (χ2v) is 7.17. The molecule has 0 aromatic rings. The zero-order valence-electron chi connectivity index (χ0n) is 13.0. The van der Waals surface area contributed by atoms with Crippen molar-refractivity contribution >= 4 is 11.8 Å². The molecule has 0 aromatic carbocycles. The SMILES string of the molecule is O=C1CN(CC2CCCCC2)C(=O)C(C2CCCCC2)N1. The van der Waals surface area contributed by atoms with E-state index in [9.17, 15) is 9.59 Å². The van der Waals surface area contributed by atoms with Gasteiger partial charge in [-0.3, -0.25) is 9.59 Å². The molecule has 1 atom stereocenters. The largest absolute Gasteiger partial charge is 0.342 e. The first-order valence-electron chi connectivity index (χ1n) is 8.82. The van der Waals surface area contributed by atoms with Crippen LogP contribution in [0.2, 0.25) is 0 Å². The molecule has 1 aliphatic heterocycles. The number of nitrogens with zero attached hydrogens (tertiary/aromatic N) is 1. The number of rotatable bonds is 3. The van der Waals surface area contributed by atoms with Gasteiger partial charge in [0.15, 0.2) is 0 Å². The Hall–Kier alpha value is -1.06. The molecule has 1 saturated heterocycles. The van der Waals surface area contributed by atoms with E-state index in [1.807, 2.05) is 4.90 Å². The summed E-state index contributed by atoms with van der Waals surface area (Å²) >= 11 is 0. The topological polar surface area (TPSA) is 49.4 Å². The standard InChI is InChI=1S/C17H28N2O2/c20-15-12-19(11-13-7-3-1-4-8-13)17(21)16(18-15)14-9-5-2-6-10-14/h13-14,16H,1-12H2,(H,18,20). The van der Waals surface area contributed by atoms with E-state index in [-0.39, 0.29) is 24.4 Å². The minimum Gasteiger partial charge on any atom is -0.342 e. The van der Waals surface area contributed by atoms with Gasteiger partial charge in [-0.1, -0.05) is 38.5 Å². The molecule has 3 aliphatic rings. The van der Waals surface area contributed by atoms with Gasteiger partial charge in [-0.05, 0) is 37.5 Å². The molecule has 21 heavy (non-hydrogen) atoms. The van der Waals surface area contributed by atoms with Crippen molar-refractivity contribution < 1.29 is 9.59 Å². The maximum absolute atomic E-state index is 12.8. The minimum absolute atomic E-state index is 0.0426. The van der Waals surface area contributed by atoms with Crippen molar-refractivity contribution in [1.82, 2.24) is 10.2 Å². The molecule has 3 rings (SSSR count). The van der Waals surface area contributed by atoms with Crippen LogP contribution in [0, 0.1) is 11.8 Å². The van der Waals surface area contributed by atoms with Crippen molar-refractivity contribution in [2.24, 2.45) is 11.8 Å². The highest BCUT2D eigenvalue weighted by Gasteiger charge is 2.38. The van der Waals surface area contributed by atoms with Crippen molar-refractivity contribution in [3.63, 3.8) is 0 Å². The second-order valence-electron chi connectivity index (χ2n) is 7.17. The van der Waals surface area contributed by atoms with Gasteiger partial charge >= 0.3 is 0 Å². The molecule has 0 bridgehead atoms. The molecule has 0 spiro atoms. The lowest BCUT2D eigenvalue weighted by Crippen LogP contribution is -2.61. The predicted octanol–water partition coefficient (Wildman–Crippen LogP) is 2.47. The molecule has 2 aliphatic carbocycles. The van der Waals surface area contributed by atoms with Gasteiger partial charge in [-0.25, -0.2) is 0 Å². The summed E-state index contributed by atoms with van der Waals surface area (Å²) in [4.78, 5) is 26.6. The number of nitrogens with one attached hydrogen (secondary N) is 1. The van der Waals surface area contributed by atoms with Crippen LogP contribution in [-0.2, 0) is 9.59 Å². The molecular formula is C17H28N2O2. The van der Waals surface area contributed by atoms with Crippen molar-refractivity contribution in [3.8, 4) is 0 Å². The summed E-state index contributed by atoms with van der Waals surface area (Å²) in [5.41, 5.74) is 0. The third-order valence-electron chi connectivity index (χ3n) is 5.55. The summed E-state index contributed by atoms with van der Waals surface area (Å²) in [6.45, 7) is 1.08. The van der Waals surface area contributed by atoms with Crippen LogP contribution >= 0.6 is 0 Å². The van der Waals surface area contributed by atoms with E-state index in [1.54, 1.807) is 0 Å². The number of carbonyl (C=O) groups excluding carboxylic acids is 2. The Kier molecular flexibility index (Phi) is 4.81. The molecule has 0 aromatic heterocycles. The van der Waals surface area contributed by atoms with Gasteiger partial charge in [-0.15, -0.1) is 0 Å². The fourth-order valence-corrected chi connectivity index (χ4v) is 4.35. The number of piperazine rings is 1. The van der Waals surface area contributed by atoms with Crippen molar-refractivity contribution in [2.45, 2.75) is 70.3 Å². The van der Waals surface area contributed by atoms with Gasteiger partial charge in [0.25, 0.3) is 0 Å². The highest BCUT2D eigenvalue weighted by atomic mass is 16.2. The zero-order chi connectivity index (χ0) is 14.7. The maximum Gasteiger partial charge on any atom is 0.245 e. The summed E-state index contributed by atoms with van der Waals surface area (Å²) in [5.74, 6) is 1.21. The van der Waals surface area contributed by atoms with Crippen LogP contribution < -0.4 is 5.32 Å². The Bertz CT molecular complexity index is 384. The first kappa shape index (κ1) is 14.9. The lowest BCUT2D eigenvalue weighted by molar-refractivity contribution is -0.147. The third kappa shape index (κ3) is 3.58. The van der Waals surface area contributed by atoms with Gasteiger partial charge in [0.05, 0.1) is 6.54 Å². The average Bonchev–Trinajstić information content (AvgIpc) is 2.52. The lowest BCUT2D eigenvalue weighted by Gasteiger charge is -2.39. The monoisotopic (exact) mass is 292 g/mol. The molecule has 1 unspecified atom stereocenters. The Balaban J connectivity index is 1.63. The van der Waals surface area contributed by atoms with Gasteiger partial charge in [0.1, 0.15) is 6.04 Å². The first-order valence-corrected chi connectivity index (χ1v) is 8.82. The van der Waals surface area contributed by atoms with E-state index in [0.29, 0.717) is 11.8 Å². The molecule has 1 heterocycles. The summed E-state index contributed by atoms with van der Waals surface area (Å²) < 4.78 is 0. The summed E-state index contributed by atoms with van der Waals surface area (Å²) in [5, 5.41) is 2.97. The van der Waals surface area contributed by atoms with E-state index >= 15 is 0 Å². The smallest absolute Gasteiger partial charge is 0.245 e.